The number of carboxylic acid groups (broad SMARTS) is 1. The Morgan fingerprint density at radius 2 is 1.13 bits per heavy atom. The first-order valence-electron chi connectivity index (χ1n) is 11.2. The summed E-state index contributed by atoms with van der Waals surface area (Å²) in [6.07, 6.45) is 2.89. The summed E-state index contributed by atoms with van der Waals surface area (Å²) in [5.41, 5.74) is 1.48. The third kappa shape index (κ3) is 7.01. The Balaban J connectivity index is 1.80. The third-order valence-electron chi connectivity index (χ3n) is 5.32. The quantitative estimate of drug-likeness (QED) is 0.132. The fourth-order valence-electron chi connectivity index (χ4n) is 3.41. The summed E-state index contributed by atoms with van der Waals surface area (Å²) in [4.78, 5) is 35.7. The molecule has 3 rings (SSSR count). The molecule has 196 valence electrons. The van der Waals surface area contributed by atoms with E-state index in [2.05, 4.69) is 9.47 Å². The molecule has 0 aliphatic rings. The zero-order valence-electron chi connectivity index (χ0n) is 21.2. The third-order valence-corrected chi connectivity index (χ3v) is 5.32. The van der Waals surface area contributed by atoms with Gasteiger partial charge in [-0.3, -0.25) is 0 Å². The van der Waals surface area contributed by atoms with E-state index < -0.39 is 17.9 Å². The van der Waals surface area contributed by atoms with Crippen LogP contribution in [0.3, 0.4) is 0 Å². The van der Waals surface area contributed by atoms with Crippen LogP contribution in [-0.2, 0) is 23.9 Å². The average Bonchev–Trinajstić information content (AvgIpc) is 2.94. The van der Waals surface area contributed by atoms with Crippen molar-refractivity contribution < 1.29 is 43.2 Å². The SMILES string of the molecule is COC(=O)C(=Cc1ccc(Oc2ccc(/C(=C\c3cc(OC)cc(OC)c3)C(=O)O)cc2)cc1)C(=O)OC. The number of carbonyl (C=O) groups excluding carboxylic acids is 2. The molecule has 0 aliphatic heterocycles. The van der Waals surface area contributed by atoms with E-state index in [9.17, 15) is 19.5 Å². The van der Waals surface area contributed by atoms with Crippen LogP contribution in [0.5, 0.6) is 23.0 Å². The Morgan fingerprint density at radius 3 is 1.58 bits per heavy atom. The lowest BCUT2D eigenvalue weighted by Gasteiger charge is -2.09. The molecule has 9 heteroatoms. The molecule has 0 saturated heterocycles. The summed E-state index contributed by atoms with van der Waals surface area (Å²) in [7, 11) is 5.38. The summed E-state index contributed by atoms with van der Waals surface area (Å²) in [6.45, 7) is 0. The topological polar surface area (TPSA) is 118 Å². The molecule has 0 heterocycles. The standard InChI is InChI=1S/C29H26O9/c1-34-23-13-19(14-24(17-23)35-2)16-25(27(30)31)20-7-11-22(12-8-20)38-21-9-5-18(6-10-21)15-26(28(32)36-3)29(33)37-4/h5-17H,1-4H3,(H,30,31)/b25-16+. The highest BCUT2D eigenvalue weighted by Crippen LogP contribution is 2.28. The number of aliphatic carboxylic acids is 1. The minimum atomic E-state index is -1.10. The second-order valence-electron chi connectivity index (χ2n) is 7.75. The van der Waals surface area contributed by atoms with Gasteiger partial charge in [0, 0.05) is 6.07 Å². The van der Waals surface area contributed by atoms with E-state index in [0.29, 0.717) is 39.7 Å². The van der Waals surface area contributed by atoms with Gasteiger partial charge in [-0.05, 0) is 65.2 Å². The number of ether oxygens (including phenoxy) is 5. The zero-order valence-corrected chi connectivity index (χ0v) is 21.2. The molecule has 1 N–H and O–H groups in total. The highest BCUT2D eigenvalue weighted by Gasteiger charge is 2.19. The van der Waals surface area contributed by atoms with Crippen LogP contribution in [-0.4, -0.2) is 51.5 Å². The normalized spacial score (nSPS) is 10.7. The summed E-state index contributed by atoms with van der Waals surface area (Å²) < 4.78 is 25.6. The molecule has 0 aliphatic carbocycles. The highest BCUT2D eigenvalue weighted by atomic mass is 16.5. The van der Waals surface area contributed by atoms with Crippen molar-refractivity contribution in [3.8, 4) is 23.0 Å². The number of hydrogen-bond acceptors (Lipinski definition) is 8. The van der Waals surface area contributed by atoms with Gasteiger partial charge < -0.3 is 28.8 Å². The van der Waals surface area contributed by atoms with Gasteiger partial charge in [0.2, 0.25) is 0 Å². The van der Waals surface area contributed by atoms with Crippen LogP contribution >= 0.6 is 0 Å². The lowest BCUT2D eigenvalue weighted by atomic mass is 10.0. The molecular formula is C29H26O9. The second kappa shape index (κ2) is 12.8. The summed E-state index contributed by atoms with van der Waals surface area (Å²) in [5, 5.41) is 9.81. The van der Waals surface area contributed by atoms with Crippen molar-refractivity contribution in [1.82, 2.24) is 0 Å². The van der Waals surface area contributed by atoms with Gasteiger partial charge in [0.05, 0.1) is 34.0 Å². The predicted octanol–water partition coefficient (Wildman–Crippen LogP) is 4.85. The minimum Gasteiger partial charge on any atom is -0.497 e. The lowest BCUT2D eigenvalue weighted by Crippen LogP contribution is -2.15. The van der Waals surface area contributed by atoms with Crippen LogP contribution < -0.4 is 14.2 Å². The first-order valence-corrected chi connectivity index (χ1v) is 11.2. The van der Waals surface area contributed by atoms with E-state index in [-0.39, 0.29) is 11.1 Å². The van der Waals surface area contributed by atoms with Crippen molar-refractivity contribution in [2.24, 2.45) is 0 Å². The molecule has 0 saturated carbocycles. The lowest BCUT2D eigenvalue weighted by molar-refractivity contribution is -0.144. The van der Waals surface area contributed by atoms with Crippen molar-refractivity contribution in [2.45, 2.75) is 0 Å². The smallest absolute Gasteiger partial charge is 0.345 e. The van der Waals surface area contributed by atoms with Gasteiger partial charge in [-0.1, -0.05) is 24.3 Å². The van der Waals surface area contributed by atoms with Gasteiger partial charge in [-0.15, -0.1) is 0 Å². The maximum absolute atomic E-state index is 12.0. The van der Waals surface area contributed by atoms with Crippen molar-refractivity contribution in [1.29, 1.82) is 0 Å². The molecule has 3 aromatic carbocycles. The zero-order chi connectivity index (χ0) is 27.7. The van der Waals surface area contributed by atoms with Crippen LogP contribution in [0.25, 0.3) is 17.7 Å². The summed E-state index contributed by atoms with van der Waals surface area (Å²) in [6, 6.07) is 18.3. The number of methoxy groups -OCH3 is 4. The highest BCUT2D eigenvalue weighted by molar-refractivity contribution is 6.20. The maximum Gasteiger partial charge on any atom is 0.345 e. The van der Waals surface area contributed by atoms with Crippen LogP contribution in [0.1, 0.15) is 16.7 Å². The molecule has 3 aromatic rings. The second-order valence-corrected chi connectivity index (χ2v) is 7.75. The average molecular weight is 519 g/mol. The van der Waals surface area contributed by atoms with Crippen LogP contribution in [0, 0.1) is 0 Å². The molecule has 0 amide bonds. The molecule has 0 atom stereocenters. The maximum atomic E-state index is 12.0. The largest absolute Gasteiger partial charge is 0.497 e. The first-order chi connectivity index (χ1) is 18.3. The van der Waals surface area contributed by atoms with E-state index in [1.165, 1.54) is 40.6 Å². The molecule has 0 fully saturated rings. The van der Waals surface area contributed by atoms with Crippen molar-refractivity contribution in [3.63, 3.8) is 0 Å². The van der Waals surface area contributed by atoms with E-state index >= 15 is 0 Å². The van der Waals surface area contributed by atoms with Crippen molar-refractivity contribution >= 4 is 35.6 Å². The fraction of sp³-hybridized carbons (Fsp3) is 0.138. The number of carbonyl (C=O) groups is 3. The van der Waals surface area contributed by atoms with E-state index in [4.69, 9.17) is 14.2 Å². The first kappa shape index (κ1) is 27.5. The Kier molecular flexibility index (Phi) is 9.26. The number of esters is 2. The predicted molar refractivity (Wildman–Crippen MR) is 140 cm³/mol. The molecule has 0 aromatic heterocycles. The van der Waals surface area contributed by atoms with Gasteiger partial charge in [0.1, 0.15) is 28.6 Å². The van der Waals surface area contributed by atoms with Crippen molar-refractivity contribution in [2.75, 3.05) is 28.4 Å². The Labute approximate surface area is 219 Å². The molecule has 0 spiro atoms. The summed E-state index contributed by atoms with van der Waals surface area (Å²) in [5.74, 6) is -0.660. The van der Waals surface area contributed by atoms with Crippen LogP contribution in [0.2, 0.25) is 0 Å². The van der Waals surface area contributed by atoms with Gasteiger partial charge in [-0.2, -0.15) is 0 Å². The molecule has 0 unspecified atom stereocenters. The van der Waals surface area contributed by atoms with Gasteiger partial charge in [0.15, 0.2) is 0 Å². The van der Waals surface area contributed by atoms with Crippen LogP contribution in [0.15, 0.2) is 72.3 Å². The molecule has 38 heavy (non-hydrogen) atoms. The van der Waals surface area contributed by atoms with E-state index in [1.54, 1.807) is 66.7 Å². The van der Waals surface area contributed by atoms with Gasteiger partial charge >= 0.3 is 17.9 Å². The van der Waals surface area contributed by atoms with E-state index in [1.807, 2.05) is 0 Å². The Morgan fingerprint density at radius 1 is 0.632 bits per heavy atom. The fourth-order valence-corrected chi connectivity index (χ4v) is 3.41. The van der Waals surface area contributed by atoms with E-state index in [0.717, 1.165) is 0 Å². The van der Waals surface area contributed by atoms with Crippen LogP contribution in [0.4, 0.5) is 0 Å². The summed E-state index contributed by atoms with van der Waals surface area (Å²) >= 11 is 0. The number of rotatable bonds is 10. The monoisotopic (exact) mass is 518 g/mol. The molecule has 0 radical (unpaired) electrons. The minimum absolute atomic E-state index is 0.0787. The van der Waals surface area contributed by atoms with Gasteiger partial charge in [0.25, 0.3) is 0 Å². The molecule has 9 nitrogen and oxygen atoms in total. The van der Waals surface area contributed by atoms with Crippen molar-refractivity contribution in [3.05, 3.63) is 89.0 Å². The Hall–Kier alpha value is -5.05. The molecular weight excluding hydrogens is 492 g/mol. The molecule has 0 bridgehead atoms. The number of carboxylic acids is 1. The van der Waals surface area contributed by atoms with Gasteiger partial charge in [-0.25, -0.2) is 14.4 Å². The number of benzene rings is 3. The number of hydrogen-bond donors (Lipinski definition) is 1. The Bertz CT molecular complexity index is 1330.